The molecule has 4 aromatic rings. The lowest BCUT2D eigenvalue weighted by molar-refractivity contribution is 0.102. The van der Waals surface area contributed by atoms with Crippen molar-refractivity contribution in [3.63, 3.8) is 0 Å². The molecule has 2 N–H and O–H groups in total. The highest BCUT2D eigenvalue weighted by Crippen LogP contribution is 2.20. The third kappa shape index (κ3) is 3.84. The van der Waals surface area contributed by atoms with E-state index in [-0.39, 0.29) is 5.91 Å². The van der Waals surface area contributed by atoms with Crippen molar-refractivity contribution in [3.8, 4) is 0 Å². The highest BCUT2D eigenvalue weighted by Gasteiger charge is 2.13. The van der Waals surface area contributed by atoms with Gasteiger partial charge in [0.05, 0.1) is 23.1 Å². The van der Waals surface area contributed by atoms with Gasteiger partial charge in [-0.3, -0.25) is 14.7 Å². The van der Waals surface area contributed by atoms with Gasteiger partial charge >= 0.3 is 0 Å². The molecule has 0 saturated carbocycles. The van der Waals surface area contributed by atoms with Gasteiger partial charge in [-0.1, -0.05) is 12.5 Å². The summed E-state index contributed by atoms with van der Waals surface area (Å²) in [6.45, 7) is 3.13. The Hall–Kier alpha value is -3.25. The third-order valence-corrected chi connectivity index (χ3v) is 5.48. The molecule has 1 aliphatic rings. The van der Waals surface area contributed by atoms with E-state index in [0.29, 0.717) is 5.56 Å². The van der Waals surface area contributed by atoms with Crippen LogP contribution in [-0.2, 0) is 6.54 Å². The zero-order valence-corrected chi connectivity index (χ0v) is 16.2. The number of aromatic nitrogens is 3. The number of nitrogens with one attached hydrogen (secondary N) is 2. The number of carbonyl (C=O) groups is 1. The fraction of sp³-hybridized carbons (Fsp3) is 0.261. The van der Waals surface area contributed by atoms with E-state index >= 15 is 0 Å². The molecule has 1 saturated heterocycles. The van der Waals surface area contributed by atoms with Crippen LogP contribution in [0.1, 0.15) is 35.4 Å². The first-order valence-corrected chi connectivity index (χ1v) is 10.1. The summed E-state index contributed by atoms with van der Waals surface area (Å²) in [5.74, 6) is 0.843. The minimum absolute atomic E-state index is 0.136. The highest BCUT2D eigenvalue weighted by molar-refractivity contribution is 6.06. The lowest BCUT2D eigenvalue weighted by atomic mass is 10.1. The zero-order valence-electron chi connectivity index (χ0n) is 16.2. The number of imidazole rings is 1. The molecule has 0 radical (unpaired) electrons. The van der Waals surface area contributed by atoms with Gasteiger partial charge in [-0.05, 0) is 68.4 Å². The fourth-order valence-electron chi connectivity index (χ4n) is 3.96. The molecule has 29 heavy (non-hydrogen) atoms. The summed E-state index contributed by atoms with van der Waals surface area (Å²) in [7, 11) is 0. The van der Waals surface area contributed by atoms with Crippen LogP contribution in [-0.4, -0.2) is 38.8 Å². The maximum atomic E-state index is 12.7. The Balaban J connectivity index is 1.33. The van der Waals surface area contributed by atoms with E-state index < -0.39 is 0 Å². The number of carbonyl (C=O) groups excluding carboxylic acids is 1. The number of benzene rings is 2. The number of aromatic amines is 1. The summed E-state index contributed by atoms with van der Waals surface area (Å²) in [6.07, 6.45) is 5.61. The molecule has 6 nitrogen and oxygen atoms in total. The van der Waals surface area contributed by atoms with Crippen molar-refractivity contribution in [2.75, 3.05) is 18.4 Å². The van der Waals surface area contributed by atoms with Gasteiger partial charge in [0.25, 0.3) is 5.91 Å². The van der Waals surface area contributed by atoms with Crippen LogP contribution in [0.3, 0.4) is 0 Å². The molecular weight excluding hydrogens is 362 g/mol. The highest BCUT2D eigenvalue weighted by atomic mass is 16.1. The number of H-pyrrole nitrogens is 1. The normalized spacial score (nSPS) is 15.0. The van der Waals surface area contributed by atoms with Gasteiger partial charge in [0.2, 0.25) is 0 Å². The number of likely N-dealkylation sites (tertiary alicyclic amines) is 1. The molecule has 0 spiro atoms. The SMILES string of the molecule is O=C(Nc1ccc2nc(CN3CCCCC3)[nH]c2c1)c1ccc2ncccc2c1. The van der Waals surface area contributed by atoms with Gasteiger partial charge < -0.3 is 10.3 Å². The molecule has 5 rings (SSSR count). The lowest BCUT2D eigenvalue weighted by Gasteiger charge is -2.25. The Labute approximate surface area is 169 Å². The summed E-state index contributed by atoms with van der Waals surface area (Å²) in [6, 6.07) is 15.2. The Morgan fingerprint density at radius 1 is 1.03 bits per heavy atom. The largest absolute Gasteiger partial charge is 0.341 e. The summed E-state index contributed by atoms with van der Waals surface area (Å²) >= 11 is 0. The number of nitrogens with zero attached hydrogens (tertiary/aromatic N) is 3. The van der Waals surface area contributed by atoms with Crippen molar-refractivity contribution in [2.24, 2.45) is 0 Å². The number of rotatable bonds is 4. The van der Waals surface area contributed by atoms with E-state index in [1.807, 2.05) is 42.5 Å². The first-order valence-electron chi connectivity index (χ1n) is 10.1. The molecule has 2 aromatic carbocycles. The second-order valence-corrected chi connectivity index (χ2v) is 7.62. The van der Waals surface area contributed by atoms with Crippen molar-refractivity contribution < 1.29 is 4.79 Å². The Bertz CT molecular complexity index is 1180. The topological polar surface area (TPSA) is 73.9 Å². The van der Waals surface area contributed by atoms with Crippen LogP contribution in [0.25, 0.3) is 21.9 Å². The Morgan fingerprint density at radius 3 is 2.79 bits per heavy atom. The fourth-order valence-corrected chi connectivity index (χ4v) is 3.96. The number of pyridine rings is 1. The number of hydrogen-bond donors (Lipinski definition) is 2. The van der Waals surface area contributed by atoms with Crippen LogP contribution >= 0.6 is 0 Å². The maximum absolute atomic E-state index is 12.7. The van der Waals surface area contributed by atoms with E-state index in [9.17, 15) is 4.79 Å². The predicted octanol–water partition coefficient (Wildman–Crippen LogP) is 4.35. The predicted molar refractivity (Wildman–Crippen MR) is 115 cm³/mol. The number of amides is 1. The van der Waals surface area contributed by atoms with E-state index in [4.69, 9.17) is 4.98 Å². The molecule has 6 heteroatoms. The summed E-state index contributed by atoms with van der Waals surface area (Å²) in [5, 5.41) is 3.94. The molecule has 1 fully saturated rings. The molecule has 1 amide bonds. The van der Waals surface area contributed by atoms with Gasteiger partial charge in [0.1, 0.15) is 5.82 Å². The monoisotopic (exact) mass is 385 g/mol. The van der Waals surface area contributed by atoms with Gasteiger partial charge in [0.15, 0.2) is 0 Å². The minimum atomic E-state index is -0.136. The van der Waals surface area contributed by atoms with E-state index in [1.54, 1.807) is 12.3 Å². The van der Waals surface area contributed by atoms with Crippen LogP contribution in [0.4, 0.5) is 5.69 Å². The molecule has 2 aromatic heterocycles. The second-order valence-electron chi connectivity index (χ2n) is 7.62. The average molecular weight is 385 g/mol. The average Bonchev–Trinajstić information content (AvgIpc) is 3.15. The first kappa shape index (κ1) is 17.8. The standard InChI is InChI=1S/C23H23N5O/c29-23(17-6-8-19-16(13-17)5-4-10-24-19)25-18-7-9-20-21(14-18)27-22(26-20)15-28-11-2-1-3-12-28/h4-10,13-14H,1-3,11-12,15H2,(H,25,29)(H,26,27). The van der Waals surface area contributed by atoms with E-state index in [2.05, 4.69) is 20.2 Å². The molecule has 3 heterocycles. The molecule has 0 atom stereocenters. The Kier molecular flexibility index (Phi) is 4.69. The number of anilines is 1. The minimum Gasteiger partial charge on any atom is -0.341 e. The van der Waals surface area contributed by atoms with Gasteiger partial charge in [0, 0.05) is 22.8 Å². The lowest BCUT2D eigenvalue weighted by Crippen LogP contribution is -2.29. The third-order valence-electron chi connectivity index (χ3n) is 5.48. The van der Waals surface area contributed by atoms with Gasteiger partial charge in [-0.2, -0.15) is 0 Å². The van der Waals surface area contributed by atoms with Gasteiger partial charge in [-0.15, -0.1) is 0 Å². The van der Waals surface area contributed by atoms with Crippen molar-refractivity contribution in [2.45, 2.75) is 25.8 Å². The number of fused-ring (bicyclic) bond motifs is 2. The Morgan fingerprint density at radius 2 is 1.90 bits per heavy atom. The summed E-state index contributed by atoms with van der Waals surface area (Å²) in [5.41, 5.74) is 4.11. The van der Waals surface area contributed by atoms with Crippen molar-refractivity contribution in [1.29, 1.82) is 0 Å². The first-order chi connectivity index (χ1) is 14.2. The maximum Gasteiger partial charge on any atom is 0.255 e. The van der Waals surface area contributed by atoms with Crippen molar-refractivity contribution in [1.82, 2.24) is 19.9 Å². The van der Waals surface area contributed by atoms with Crippen LogP contribution in [0.2, 0.25) is 0 Å². The molecule has 0 aliphatic carbocycles. The molecule has 1 aliphatic heterocycles. The summed E-state index contributed by atoms with van der Waals surface area (Å²) < 4.78 is 0. The smallest absolute Gasteiger partial charge is 0.255 e. The quantitative estimate of drug-likeness (QED) is 0.548. The van der Waals surface area contributed by atoms with Crippen LogP contribution < -0.4 is 5.32 Å². The second kappa shape index (κ2) is 7.64. The van der Waals surface area contributed by atoms with Gasteiger partial charge in [-0.25, -0.2) is 4.98 Å². The molecule has 0 bridgehead atoms. The zero-order chi connectivity index (χ0) is 19.6. The van der Waals surface area contributed by atoms with Crippen LogP contribution in [0, 0.1) is 0 Å². The molecular formula is C23H23N5O. The van der Waals surface area contributed by atoms with Crippen molar-refractivity contribution >= 4 is 33.5 Å². The number of piperidine rings is 1. The van der Waals surface area contributed by atoms with E-state index in [1.165, 1.54) is 19.3 Å². The number of hydrogen-bond acceptors (Lipinski definition) is 4. The van der Waals surface area contributed by atoms with Crippen LogP contribution in [0.5, 0.6) is 0 Å². The molecule has 146 valence electrons. The van der Waals surface area contributed by atoms with Crippen molar-refractivity contribution in [3.05, 3.63) is 66.1 Å². The summed E-state index contributed by atoms with van der Waals surface area (Å²) in [4.78, 5) is 27.5. The van der Waals surface area contributed by atoms with E-state index in [0.717, 1.165) is 53.1 Å². The van der Waals surface area contributed by atoms with Crippen LogP contribution in [0.15, 0.2) is 54.7 Å². The molecule has 0 unspecified atom stereocenters.